The third-order valence-corrected chi connectivity index (χ3v) is 5.37. The fraction of sp³-hybridized carbons (Fsp3) is 0.227. The predicted molar refractivity (Wildman–Crippen MR) is 113 cm³/mol. The summed E-state index contributed by atoms with van der Waals surface area (Å²) in [6.45, 7) is 7.34. The molecule has 28 heavy (non-hydrogen) atoms. The van der Waals surface area contributed by atoms with Gasteiger partial charge in [-0.25, -0.2) is 0 Å². The van der Waals surface area contributed by atoms with Crippen molar-refractivity contribution in [3.05, 3.63) is 77.0 Å². The monoisotopic (exact) mass is 395 g/mol. The van der Waals surface area contributed by atoms with Gasteiger partial charge in [0.05, 0.1) is 0 Å². The number of piperazine rings is 1. The molecule has 1 aliphatic heterocycles. The number of aromatic nitrogens is 1. The molecule has 1 aliphatic rings. The second kappa shape index (κ2) is 7.70. The van der Waals surface area contributed by atoms with Crippen LogP contribution in [-0.4, -0.2) is 52.0 Å². The number of nitrogens with one attached hydrogen (secondary N) is 1. The van der Waals surface area contributed by atoms with Gasteiger partial charge in [0.1, 0.15) is 11.5 Å². The molecule has 1 saturated heterocycles. The van der Waals surface area contributed by atoms with E-state index in [1.54, 1.807) is 0 Å². The topological polar surface area (TPSA) is 59.6 Å². The summed E-state index contributed by atoms with van der Waals surface area (Å²) in [4.78, 5) is 20.2. The Hall–Kier alpha value is -2.76. The van der Waals surface area contributed by atoms with Crippen LogP contribution < -0.4 is 0 Å². The highest BCUT2D eigenvalue weighted by atomic mass is 35.5. The van der Waals surface area contributed by atoms with Crippen LogP contribution in [0.15, 0.2) is 55.1 Å². The van der Waals surface area contributed by atoms with Crippen LogP contribution in [0.3, 0.4) is 0 Å². The van der Waals surface area contributed by atoms with Crippen LogP contribution in [0.2, 0.25) is 5.02 Å². The molecule has 1 amide bonds. The molecule has 0 spiro atoms. The third kappa shape index (κ3) is 3.91. The number of aliphatic hydroxyl groups excluding tert-OH is 1. The maximum absolute atomic E-state index is 12.8. The van der Waals surface area contributed by atoms with Crippen molar-refractivity contribution in [2.45, 2.75) is 6.54 Å². The van der Waals surface area contributed by atoms with Gasteiger partial charge in [-0.1, -0.05) is 36.4 Å². The van der Waals surface area contributed by atoms with Gasteiger partial charge in [0.15, 0.2) is 0 Å². The maximum atomic E-state index is 12.8. The standard InChI is InChI=1S/C22H22ClN3O2/c1-15(27)17-4-2-3-16(11-17)14-25-7-9-26(10-8-25)22(28)21-13-18-12-19(23)5-6-20(18)24-21/h2-6,11-13,24,27H,1,7-10,14H2. The van der Waals surface area contributed by atoms with Crippen molar-refractivity contribution in [3.63, 3.8) is 0 Å². The molecular formula is C22H22ClN3O2. The van der Waals surface area contributed by atoms with Crippen molar-refractivity contribution < 1.29 is 9.90 Å². The normalized spacial score (nSPS) is 15.1. The molecule has 6 heteroatoms. The summed E-state index contributed by atoms with van der Waals surface area (Å²) >= 11 is 6.03. The fourth-order valence-electron chi connectivity index (χ4n) is 3.61. The van der Waals surface area contributed by atoms with Crippen LogP contribution in [-0.2, 0) is 6.54 Å². The summed E-state index contributed by atoms with van der Waals surface area (Å²) in [6, 6.07) is 15.2. The lowest BCUT2D eigenvalue weighted by Gasteiger charge is -2.34. The molecule has 0 unspecified atom stereocenters. The van der Waals surface area contributed by atoms with Gasteiger partial charge in [0.25, 0.3) is 5.91 Å². The van der Waals surface area contributed by atoms with Crippen LogP contribution in [0.1, 0.15) is 21.6 Å². The molecule has 4 rings (SSSR count). The number of carbonyl (C=O) groups excluding carboxylic acids is 1. The Balaban J connectivity index is 1.38. The van der Waals surface area contributed by atoms with E-state index in [0.29, 0.717) is 23.8 Å². The van der Waals surface area contributed by atoms with Gasteiger partial charge in [-0.05, 0) is 35.9 Å². The van der Waals surface area contributed by atoms with E-state index < -0.39 is 0 Å². The molecule has 1 aromatic heterocycles. The van der Waals surface area contributed by atoms with Crippen LogP contribution in [0.25, 0.3) is 16.7 Å². The number of hydrogen-bond donors (Lipinski definition) is 2. The quantitative estimate of drug-likeness (QED) is 0.647. The average Bonchev–Trinajstić information content (AvgIpc) is 3.11. The zero-order valence-electron chi connectivity index (χ0n) is 15.5. The van der Waals surface area contributed by atoms with E-state index in [1.807, 2.05) is 53.4 Å². The molecule has 0 atom stereocenters. The van der Waals surface area contributed by atoms with E-state index in [4.69, 9.17) is 11.6 Å². The Morgan fingerprint density at radius 3 is 2.64 bits per heavy atom. The molecule has 2 N–H and O–H groups in total. The zero-order valence-corrected chi connectivity index (χ0v) is 16.2. The van der Waals surface area contributed by atoms with Gasteiger partial charge in [0, 0.05) is 54.2 Å². The van der Waals surface area contributed by atoms with E-state index in [0.717, 1.165) is 41.7 Å². The molecule has 2 heterocycles. The van der Waals surface area contributed by atoms with E-state index in [1.165, 1.54) is 0 Å². The summed E-state index contributed by atoms with van der Waals surface area (Å²) in [5.41, 5.74) is 3.38. The number of amides is 1. The lowest BCUT2D eigenvalue weighted by molar-refractivity contribution is 0.0623. The predicted octanol–water partition coefficient (Wildman–Crippen LogP) is 4.31. The highest BCUT2D eigenvalue weighted by Gasteiger charge is 2.23. The van der Waals surface area contributed by atoms with Crippen molar-refractivity contribution in [2.24, 2.45) is 0 Å². The number of aromatic amines is 1. The first-order valence-electron chi connectivity index (χ1n) is 9.27. The number of H-pyrrole nitrogens is 1. The first-order chi connectivity index (χ1) is 13.5. The van der Waals surface area contributed by atoms with Crippen molar-refractivity contribution in [2.75, 3.05) is 26.2 Å². The molecule has 2 aromatic carbocycles. The van der Waals surface area contributed by atoms with Gasteiger partial charge in [-0.2, -0.15) is 0 Å². The summed E-state index contributed by atoms with van der Waals surface area (Å²) in [5.74, 6) is 0.0995. The lowest BCUT2D eigenvalue weighted by Crippen LogP contribution is -2.48. The Morgan fingerprint density at radius 2 is 1.89 bits per heavy atom. The molecule has 0 saturated carbocycles. The van der Waals surface area contributed by atoms with Crippen molar-refractivity contribution in [3.8, 4) is 0 Å². The van der Waals surface area contributed by atoms with Crippen LogP contribution >= 0.6 is 11.6 Å². The Bertz CT molecular complexity index is 1040. The van der Waals surface area contributed by atoms with Crippen molar-refractivity contribution in [1.82, 2.24) is 14.8 Å². The minimum Gasteiger partial charge on any atom is -0.508 e. The van der Waals surface area contributed by atoms with Gasteiger partial charge in [-0.3, -0.25) is 9.69 Å². The average molecular weight is 396 g/mol. The number of benzene rings is 2. The first-order valence-corrected chi connectivity index (χ1v) is 9.64. The molecule has 0 radical (unpaired) electrons. The Kier molecular flexibility index (Phi) is 5.11. The largest absolute Gasteiger partial charge is 0.508 e. The van der Waals surface area contributed by atoms with E-state index in [9.17, 15) is 9.90 Å². The summed E-state index contributed by atoms with van der Waals surface area (Å²) in [7, 11) is 0. The maximum Gasteiger partial charge on any atom is 0.270 e. The molecule has 144 valence electrons. The Labute approximate surface area is 168 Å². The molecule has 5 nitrogen and oxygen atoms in total. The van der Waals surface area contributed by atoms with Crippen LogP contribution in [0.4, 0.5) is 0 Å². The smallest absolute Gasteiger partial charge is 0.270 e. The minimum absolute atomic E-state index is 0.0190. The highest BCUT2D eigenvalue weighted by molar-refractivity contribution is 6.31. The van der Waals surface area contributed by atoms with Crippen molar-refractivity contribution >= 4 is 34.2 Å². The van der Waals surface area contributed by atoms with E-state index in [-0.39, 0.29) is 11.7 Å². The van der Waals surface area contributed by atoms with Gasteiger partial charge in [-0.15, -0.1) is 0 Å². The number of rotatable bonds is 4. The molecule has 0 bridgehead atoms. The fourth-order valence-corrected chi connectivity index (χ4v) is 3.79. The van der Waals surface area contributed by atoms with E-state index >= 15 is 0 Å². The number of nitrogens with zero attached hydrogens (tertiary/aromatic N) is 2. The van der Waals surface area contributed by atoms with Crippen molar-refractivity contribution in [1.29, 1.82) is 0 Å². The highest BCUT2D eigenvalue weighted by Crippen LogP contribution is 2.21. The number of carbonyl (C=O) groups is 1. The second-order valence-electron chi connectivity index (χ2n) is 7.13. The zero-order chi connectivity index (χ0) is 19.7. The second-order valence-corrected chi connectivity index (χ2v) is 7.57. The summed E-state index contributed by atoms with van der Waals surface area (Å²) in [6.07, 6.45) is 0. The van der Waals surface area contributed by atoms with Crippen LogP contribution in [0.5, 0.6) is 0 Å². The van der Waals surface area contributed by atoms with E-state index in [2.05, 4.69) is 16.5 Å². The number of fused-ring (bicyclic) bond motifs is 1. The third-order valence-electron chi connectivity index (χ3n) is 5.14. The molecule has 3 aromatic rings. The molecule has 0 aliphatic carbocycles. The van der Waals surface area contributed by atoms with Gasteiger partial charge >= 0.3 is 0 Å². The lowest BCUT2D eigenvalue weighted by atomic mass is 10.1. The number of hydrogen-bond acceptors (Lipinski definition) is 3. The number of halogens is 1. The summed E-state index contributed by atoms with van der Waals surface area (Å²) < 4.78 is 0. The minimum atomic E-state index is 0.0190. The SMILES string of the molecule is C=C(O)c1cccc(CN2CCN(C(=O)c3cc4cc(Cl)ccc4[nH]3)CC2)c1. The Morgan fingerprint density at radius 1 is 1.11 bits per heavy atom. The van der Waals surface area contributed by atoms with Gasteiger partial charge in [0.2, 0.25) is 0 Å². The van der Waals surface area contributed by atoms with Gasteiger partial charge < -0.3 is 15.0 Å². The summed E-state index contributed by atoms with van der Waals surface area (Å²) in [5, 5.41) is 11.2. The van der Waals surface area contributed by atoms with Crippen LogP contribution in [0, 0.1) is 0 Å². The first kappa shape index (κ1) is 18.6. The number of aliphatic hydroxyl groups is 1. The molecular weight excluding hydrogens is 374 g/mol. The molecule has 1 fully saturated rings.